The Morgan fingerprint density at radius 2 is 1.77 bits per heavy atom. The van der Waals surface area contributed by atoms with Gasteiger partial charge in [-0.3, -0.25) is 9.58 Å². The van der Waals surface area contributed by atoms with Crippen molar-refractivity contribution in [3.8, 4) is 0 Å². The van der Waals surface area contributed by atoms with E-state index >= 15 is 0 Å². The summed E-state index contributed by atoms with van der Waals surface area (Å²) in [5.74, 6) is 0.640. The first-order valence-electron chi connectivity index (χ1n) is 12.6. The zero-order valence-electron chi connectivity index (χ0n) is 20.3. The van der Waals surface area contributed by atoms with E-state index in [1.54, 1.807) is 11.3 Å². The van der Waals surface area contributed by atoms with Gasteiger partial charge < -0.3 is 14.8 Å². The molecule has 1 spiro atoms. The molecular weight excluding hydrogens is 388 g/mol. The number of hydrogen-bond donors (Lipinski definition) is 1. The summed E-state index contributed by atoms with van der Waals surface area (Å²) in [6.07, 6.45) is 8.91. The second-order valence-electron chi connectivity index (χ2n) is 10.5. The Morgan fingerprint density at radius 3 is 2.35 bits per heavy atom. The van der Waals surface area contributed by atoms with Crippen LogP contribution in [0.1, 0.15) is 75.2 Å². The van der Waals surface area contributed by atoms with Crippen LogP contribution < -0.4 is 5.32 Å². The molecule has 1 N–H and O–H groups in total. The van der Waals surface area contributed by atoms with Crippen LogP contribution >= 0.6 is 0 Å². The molecule has 1 aromatic heterocycles. The zero-order chi connectivity index (χ0) is 21.9. The molecule has 176 valence electrons. The lowest BCUT2D eigenvalue weighted by Crippen LogP contribution is -2.36. The molecule has 2 aliphatic carbocycles. The molecule has 0 amide bonds. The van der Waals surface area contributed by atoms with Gasteiger partial charge in [0.25, 0.3) is 0 Å². The first-order chi connectivity index (χ1) is 15.0. The summed E-state index contributed by atoms with van der Waals surface area (Å²) in [6, 6.07) is 0. The number of ether oxygens (including phenoxy) is 2. The van der Waals surface area contributed by atoms with Crippen LogP contribution in [0.2, 0.25) is 0 Å². The summed E-state index contributed by atoms with van der Waals surface area (Å²) < 4.78 is 14.2. The van der Waals surface area contributed by atoms with Crippen molar-refractivity contribution in [1.82, 2.24) is 20.0 Å². The minimum atomic E-state index is 0.195. The predicted octanol–water partition coefficient (Wildman–Crippen LogP) is 3.59. The van der Waals surface area contributed by atoms with Crippen LogP contribution in [-0.4, -0.2) is 68.3 Å². The smallest absolute Gasteiger partial charge is 0.0802 e. The lowest BCUT2D eigenvalue weighted by atomic mass is 9.69. The Kier molecular flexibility index (Phi) is 7.41. The van der Waals surface area contributed by atoms with Gasteiger partial charge >= 0.3 is 0 Å². The molecule has 0 atom stereocenters. The first kappa shape index (κ1) is 23.2. The molecule has 0 unspecified atom stereocenters. The van der Waals surface area contributed by atoms with Crippen LogP contribution in [-0.2, 0) is 29.0 Å². The molecule has 3 aliphatic rings. The zero-order valence-corrected chi connectivity index (χ0v) is 20.3. The van der Waals surface area contributed by atoms with Gasteiger partial charge in [0.05, 0.1) is 18.9 Å². The van der Waals surface area contributed by atoms with Gasteiger partial charge in [-0.2, -0.15) is 5.10 Å². The van der Waals surface area contributed by atoms with Gasteiger partial charge in [-0.05, 0) is 84.2 Å². The Hall–Kier alpha value is -0.950. The fourth-order valence-electron chi connectivity index (χ4n) is 5.84. The van der Waals surface area contributed by atoms with Crippen molar-refractivity contribution < 1.29 is 9.47 Å². The molecule has 6 nitrogen and oxygen atoms in total. The normalized spacial score (nSPS) is 21.8. The van der Waals surface area contributed by atoms with Crippen molar-refractivity contribution in [2.75, 3.05) is 53.6 Å². The number of nitrogens with one attached hydrogen (secondary N) is 1. The average molecular weight is 433 g/mol. The number of nitrogens with zero attached hydrogens (tertiary/aromatic N) is 3. The maximum absolute atomic E-state index is 5.91. The number of aromatic nitrogens is 2. The fraction of sp³-hybridized carbons (Fsp3) is 0.880. The maximum Gasteiger partial charge on any atom is 0.0802 e. The number of rotatable bonds is 12. The van der Waals surface area contributed by atoms with Crippen molar-refractivity contribution in [3.63, 3.8) is 0 Å². The van der Waals surface area contributed by atoms with Gasteiger partial charge in [0, 0.05) is 56.1 Å². The predicted molar refractivity (Wildman–Crippen MR) is 124 cm³/mol. The van der Waals surface area contributed by atoms with E-state index in [2.05, 4.69) is 35.8 Å². The maximum atomic E-state index is 5.91. The second-order valence-corrected chi connectivity index (χ2v) is 10.5. The van der Waals surface area contributed by atoms with Gasteiger partial charge in [0.15, 0.2) is 0 Å². The molecule has 31 heavy (non-hydrogen) atoms. The van der Waals surface area contributed by atoms with Crippen LogP contribution in [0.4, 0.5) is 0 Å². The molecular formula is C25H44N4O2. The highest BCUT2D eigenvalue weighted by Gasteiger charge is 2.50. The second kappa shape index (κ2) is 9.90. The Morgan fingerprint density at radius 1 is 1.10 bits per heavy atom. The Bertz CT molecular complexity index is 709. The molecule has 0 bridgehead atoms. The summed E-state index contributed by atoms with van der Waals surface area (Å²) in [4.78, 5) is 2.42. The Balaban J connectivity index is 1.50. The van der Waals surface area contributed by atoms with E-state index in [-0.39, 0.29) is 5.41 Å². The van der Waals surface area contributed by atoms with Crippen molar-refractivity contribution in [2.45, 2.75) is 77.8 Å². The molecule has 2 fully saturated rings. The minimum Gasteiger partial charge on any atom is -0.381 e. The van der Waals surface area contributed by atoms with Crippen LogP contribution in [0.15, 0.2) is 0 Å². The van der Waals surface area contributed by atoms with Crippen LogP contribution in [0.25, 0.3) is 0 Å². The number of fused-ring (bicyclic) bond motifs is 1. The molecule has 0 saturated heterocycles. The number of likely N-dealkylation sites (N-methyl/N-ethyl adjacent to an activating group) is 2. The highest BCUT2D eigenvalue weighted by atomic mass is 16.5. The third-order valence-electron chi connectivity index (χ3n) is 8.00. The van der Waals surface area contributed by atoms with Gasteiger partial charge in [-0.25, -0.2) is 0 Å². The molecule has 1 aliphatic heterocycles. The molecule has 4 rings (SSSR count). The summed E-state index contributed by atoms with van der Waals surface area (Å²) in [5, 5.41) is 8.46. The summed E-state index contributed by atoms with van der Waals surface area (Å²) in [7, 11) is 4.25. The quantitative estimate of drug-likeness (QED) is 0.547. The van der Waals surface area contributed by atoms with Crippen molar-refractivity contribution in [2.24, 2.45) is 10.8 Å². The lowest BCUT2D eigenvalue weighted by molar-refractivity contribution is -0.0395. The third-order valence-corrected chi connectivity index (χ3v) is 8.00. The van der Waals surface area contributed by atoms with E-state index in [9.17, 15) is 0 Å². The van der Waals surface area contributed by atoms with Gasteiger partial charge in [0.2, 0.25) is 0 Å². The van der Waals surface area contributed by atoms with Gasteiger partial charge in [-0.15, -0.1) is 0 Å². The van der Waals surface area contributed by atoms with E-state index in [0.717, 1.165) is 52.6 Å². The van der Waals surface area contributed by atoms with Gasteiger partial charge in [-0.1, -0.05) is 0 Å². The molecule has 6 heteroatoms. The minimum absolute atomic E-state index is 0.195. The molecule has 2 heterocycles. The fourth-order valence-corrected chi connectivity index (χ4v) is 5.84. The SMILES string of the molecule is CCOCC1(COCC)CCC(c2c(CN(C)CCNC)nn3c2CC2(CC2)C3)CC1. The summed E-state index contributed by atoms with van der Waals surface area (Å²) >= 11 is 0. The van der Waals surface area contributed by atoms with E-state index < -0.39 is 0 Å². The van der Waals surface area contributed by atoms with Gasteiger partial charge in [0.1, 0.15) is 0 Å². The van der Waals surface area contributed by atoms with E-state index in [1.165, 1.54) is 50.6 Å². The lowest BCUT2D eigenvalue weighted by Gasteiger charge is -2.40. The topological polar surface area (TPSA) is 51.6 Å². The van der Waals surface area contributed by atoms with Crippen molar-refractivity contribution in [1.29, 1.82) is 0 Å². The number of hydrogen-bond acceptors (Lipinski definition) is 5. The van der Waals surface area contributed by atoms with Crippen molar-refractivity contribution in [3.05, 3.63) is 17.0 Å². The standard InChI is InChI=1S/C25H44N4O2/c1-5-30-18-25(19-31-6-2)9-7-20(8-10-25)23-21(16-28(4)14-13-26-3)27-29-17-24(11-12-24)15-22(23)29/h20,26H,5-19H2,1-4H3. The highest BCUT2D eigenvalue weighted by molar-refractivity contribution is 5.35. The van der Waals surface area contributed by atoms with E-state index in [0.29, 0.717) is 11.3 Å². The molecule has 0 radical (unpaired) electrons. The summed E-state index contributed by atoms with van der Waals surface area (Å²) in [5.41, 5.74) is 5.29. The van der Waals surface area contributed by atoms with Crippen molar-refractivity contribution >= 4 is 0 Å². The van der Waals surface area contributed by atoms with Crippen LogP contribution in [0.5, 0.6) is 0 Å². The monoisotopic (exact) mass is 432 g/mol. The van der Waals surface area contributed by atoms with E-state index in [1.807, 2.05) is 7.05 Å². The highest BCUT2D eigenvalue weighted by Crippen LogP contribution is 2.55. The van der Waals surface area contributed by atoms with E-state index in [4.69, 9.17) is 14.6 Å². The molecule has 0 aromatic carbocycles. The van der Waals surface area contributed by atoms with Crippen LogP contribution in [0.3, 0.4) is 0 Å². The summed E-state index contributed by atoms with van der Waals surface area (Å²) in [6.45, 7) is 11.6. The first-order valence-corrected chi connectivity index (χ1v) is 12.6. The molecule has 2 saturated carbocycles. The van der Waals surface area contributed by atoms with Crippen LogP contribution in [0, 0.1) is 10.8 Å². The Labute approximate surface area is 189 Å². The molecule has 1 aromatic rings. The third kappa shape index (κ3) is 5.18. The average Bonchev–Trinajstić information content (AvgIpc) is 3.33. The largest absolute Gasteiger partial charge is 0.381 e.